The summed E-state index contributed by atoms with van der Waals surface area (Å²) in [5, 5.41) is 4.13. The van der Waals surface area contributed by atoms with Crippen LogP contribution in [0.25, 0.3) is 11.0 Å². The lowest BCUT2D eigenvalue weighted by molar-refractivity contribution is 0.188. The van der Waals surface area contributed by atoms with E-state index in [1.807, 2.05) is 10.6 Å². The van der Waals surface area contributed by atoms with Gasteiger partial charge in [-0.05, 0) is 30.0 Å². The standard InChI is InChI=1S/C21H24N4O2/c1-27-7-6-25-13-16(11-22)20(26)19-10-18(12-23-21(19)25)24-17-8-14-4-2-3-5-15(14)9-17/h2-5,10,12-13,17,24H,6-9,11,22H2,1H3. The summed E-state index contributed by atoms with van der Waals surface area (Å²) in [6, 6.07) is 10.7. The van der Waals surface area contributed by atoms with Crippen molar-refractivity contribution in [3.63, 3.8) is 0 Å². The molecule has 6 nitrogen and oxygen atoms in total. The molecule has 2 aromatic heterocycles. The zero-order valence-corrected chi connectivity index (χ0v) is 15.4. The fourth-order valence-corrected chi connectivity index (χ4v) is 3.82. The van der Waals surface area contributed by atoms with Crippen LogP contribution in [-0.2, 0) is 30.7 Å². The SMILES string of the molecule is COCCn1cc(CN)c(=O)c2cc(NC3Cc4ccccc4C3)cnc21. The molecule has 0 fully saturated rings. The zero-order chi connectivity index (χ0) is 18.8. The molecule has 0 saturated heterocycles. The van der Waals surface area contributed by atoms with Crippen molar-refractivity contribution in [1.82, 2.24) is 9.55 Å². The maximum atomic E-state index is 12.8. The molecule has 0 spiro atoms. The largest absolute Gasteiger partial charge is 0.383 e. The quantitative estimate of drug-likeness (QED) is 0.700. The molecule has 6 heteroatoms. The minimum atomic E-state index is -0.0491. The predicted octanol–water partition coefficient (Wildman–Crippen LogP) is 2.08. The molecule has 1 aromatic carbocycles. The smallest absolute Gasteiger partial charge is 0.195 e. The van der Waals surface area contributed by atoms with Gasteiger partial charge in [0.15, 0.2) is 5.43 Å². The van der Waals surface area contributed by atoms with Gasteiger partial charge in [0.1, 0.15) is 5.65 Å². The Hall–Kier alpha value is -2.70. The van der Waals surface area contributed by atoms with Crippen LogP contribution >= 0.6 is 0 Å². The molecular formula is C21H24N4O2. The lowest BCUT2D eigenvalue weighted by Crippen LogP contribution is -2.22. The van der Waals surface area contributed by atoms with Gasteiger partial charge in [0.25, 0.3) is 0 Å². The van der Waals surface area contributed by atoms with Crippen molar-refractivity contribution in [2.75, 3.05) is 19.0 Å². The number of fused-ring (bicyclic) bond motifs is 2. The number of hydrogen-bond donors (Lipinski definition) is 2. The van der Waals surface area contributed by atoms with Crippen molar-refractivity contribution in [3.05, 3.63) is 69.6 Å². The number of anilines is 1. The van der Waals surface area contributed by atoms with Gasteiger partial charge >= 0.3 is 0 Å². The van der Waals surface area contributed by atoms with Crippen LogP contribution in [0.3, 0.4) is 0 Å². The molecule has 0 saturated carbocycles. The first-order chi connectivity index (χ1) is 13.2. The second-order valence-electron chi connectivity index (χ2n) is 6.99. The molecule has 0 bridgehead atoms. The number of pyridine rings is 2. The topological polar surface area (TPSA) is 82.2 Å². The summed E-state index contributed by atoms with van der Waals surface area (Å²) in [5.41, 5.74) is 10.6. The first-order valence-corrected chi connectivity index (χ1v) is 9.24. The first-order valence-electron chi connectivity index (χ1n) is 9.24. The molecule has 2 heterocycles. The normalized spacial score (nSPS) is 13.9. The number of nitrogens with zero attached hydrogens (tertiary/aromatic N) is 2. The van der Waals surface area contributed by atoms with Crippen molar-refractivity contribution < 1.29 is 4.74 Å². The van der Waals surface area contributed by atoms with Crippen LogP contribution in [0.1, 0.15) is 16.7 Å². The molecular weight excluding hydrogens is 340 g/mol. The second-order valence-corrected chi connectivity index (χ2v) is 6.99. The highest BCUT2D eigenvalue weighted by molar-refractivity contribution is 5.79. The number of hydrogen-bond acceptors (Lipinski definition) is 5. The van der Waals surface area contributed by atoms with Gasteiger partial charge in [-0.2, -0.15) is 0 Å². The van der Waals surface area contributed by atoms with E-state index in [1.54, 1.807) is 19.5 Å². The van der Waals surface area contributed by atoms with Gasteiger partial charge in [-0.3, -0.25) is 4.79 Å². The van der Waals surface area contributed by atoms with Crippen molar-refractivity contribution in [2.24, 2.45) is 5.73 Å². The van der Waals surface area contributed by atoms with Crippen molar-refractivity contribution in [1.29, 1.82) is 0 Å². The Morgan fingerprint density at radius 3 is 2.70 bits per heavy atom. The number of ether oxygens (including phenoxy) is 1. The number of methoxy groups -OCH3 is 1. The molecule has 0 radical (unpaired) electrons. The van der Waals surface area contributed by atoms with Crippen LogP contribution in [0, 0.1) is 0 Å². The van der Waals surface area contributed by atoms with Gasteiger partial charge in [-0.1, -0.05) is 24.3 Å². The van der Waals surface area contributed by atoms with E-state index in [0.717, 1.165) is 18.5 Å². The van der Waals surface area contributed by atoms with Gasteiger partial charge in [0.05, 0.1) is 23.9 Å². The molecule has 0 amide bonds. The zero-order valence-electron chi connectivity index (χ0n) is 15.4. The molecule has 1 aliphatic carbocycles. The van der Waals surface area contributed by atoms with E-state index in [-0.39, 0.29) is 12.0 Å². The van der Waals surface area contributed by atoms with Crippen LogP contribution in [0.5, 0.6) is 0 Å². The van der Waals surface area contributed by atoms with Gasteiger partial charge in [0.2, 0.25) is 0 Å². The average molecular weight is 364 g/mol. The summed E-state index contributed by atoms with van der Waals surface area (Å²) in [7, 11) is 1.66. The lowest BCUT2D eigenvalue weighted by atomic mass is 10.1. The molecule has 4 rings (SSSR count). The fourth-order valence-electron chi connectivity index (χ4n) is 3.82. The third-order valence-corrected chi connectivity index (χ3v) is 5.16. The molecule has 27 heavy (non-hydrogen) atoms. The molecule has 3 aromatic rings. The lowest BCUT2D eigenvalue weighted by Gasteiger charge is -2.16. The number of nitrogens with two attached hydrogens (primary N) is 1. The fraction of sp³-hybridized carbons (Fsp3) is 0.333. The maximum Gasteiger partial charge on any atom is 0.195 e. The molecule has 0 aliphatic heterocycles. The van der Waals surface area contributed by atoms with Crippen LogP contribution in [0.15, 0.2) is 47.5 Å². The minimum absolute atomic E-state index is 0.0491. The Labute approximate surface area is 158 Å². The van der Waals surface area contributed by atoms with Gasteiger partial charge in [-0.25, -0.2) is 4.98 Å². The van der Waals surface area contributed by atoms with Gasteiger partial charge < -0.3 is 20.4 Å². The summed E-state index contributed by atoms with van der Waals surface area (Å²) in [6.45, 7) is 1.37. The summed E-state index contributed by atoms with van der Waals surface area (Å²) in [6.07, 6.45) is 5.55. The summed E-state index contributed by atoms with van der Waals surface area (Å²) in [5.74, 6) is 0. The third kappa shape index (κ3) is 3.46. The van der Waals surface area contributed by atoms with Crippen LogP contribution < -0.4 is 16.5 Å². The minimum Gasteiger partial charge on any atom is -0.383 e. The van der Waals surface area contributed by atoms with Crippen LogP contribution in [-0.4, -0.2) is 29.3 Å². The van der Waals surface area contributed by atoms with Gasteiger partial charge in [-0.15, -0.1) is 0 Å². The molecule has 0 unspecified atom stereocenters. The average Bonchev–Trinajstić information content (AvgIpc) is 3.10. The Kier molecular flexibility index (Phi) is 4.92. The summed E-state index contributed by atoms with van der Waals surface area (Å²) >= 11 is 0. The second kappa shape index (κ2) is 7.50. The number of benzene rings is 1. The predicted molar refractivity (Wildman–Crippen MR) is 107 cm³/mol. The molecule has 1 aliphatic rings. The van der Waals surface area contributed by atoms with E-state index >= 15 is 0 Å². The van der Waals surface area contributed by atoms with E-state index in [0.29, 0.717) is 35.8 Å². The number of rotatable bonds is 6. The van der Waals surface area contributed by atoms with Crippen molar-refractivity contribution in [3.8, 4) is 0 Å². The maximum absolute atomic E-state index is 12.8. The molecule has 3 N–H and O–H groups in total. The molecule has 0 atom stereocenters. The van der Waals surface area contributed by atoms with Crippen molar-refractivity contribution in [2.45, 2.75) is 32.0 Å². The Balaban J connectivity index is 1.65. The Morgan fingerprint density at radius 2 is 2.04 bits per heavy atom. The van der Waals surface area contributed by atoms with Gasteiger partial charge in [0, 0.05) is 38.0 Å². The van der Waals surface area contributed by atoms with E-state index < -0.39 is 0 Å². The highest BCUT2D eigenvalue weighted by Gasteiger charge is 2.21. The first kappa shape index (κ1) is 17.7. The van der Waals surface area contributed by atoms with Crippen LogP contribution in [0.4, 0.5) is 5.69 Å². The highest BCUT2D eigenvalue weighted by Crippen LogP contribution is 2.25. The van der Waals surface area contributed by atoms with E-state index in [9.17, 15) is 4.79 Å². The number of aromatic nitrogens is 2. The van der Waals surface area contributed by atoms with E-state index in [2.05, 4.69) is 34.6 Å². The van der Waals surface area contributed by atoms with E-state index in [4.69, 9.17) is 10.5 Å². The summed E-state index contributed by atoms with van der Waals surface area (Å²) in [4.78, 5) is 17.3. The third-order valence-electron chi connectivity index (χ3n) is 5.16. The van der Waals surface area contributed by atoms with Crippen molar-refractivity contribution >= 4 is 16.7 Å². The highest BCUT2D eigenvalue weighted by atomic mass is 16.5. The summed E-state index contributed by atoms with van der Waals surface area (Å²) < 4.78 is 7.11. The monoisotopic (exact) mass is 364 g/mol. The van der Waals surface area contributed by atoms with E-state index in [1.165, 1.54) is 11.1 Å². The Morgan fingerprint density at radius 1 is 1.30 bits per heavy atom. The molecule has 140 valence electrons. The number of nitrogens with one attached hydrogen (secondary N) is 1. The Bertz CT molecular complexity index is 1000. The van der Waals surface area contributed by atoms with Crippen LogP contribution in [0.2, 0.25) is 0 Å².